The third-order valence-corrected chi connectivity index (χ3v) is 2.93. The number of carbonyl (C=O) groups excluding carboxylic acids is 1. The molecule has 1 aromatic heterocycles. The number of rotatable bonds is 5. The lowest BCUT2D eigenvalue weighted by Crippen LogP contribution is -2.34. The molecule has 0 bridgehead atoms. The summed E-state index contributed by atoms with van der Waals surface area (Å²) >= 11 is 0. The van der Waals surface area contributed by atoms with Crippen LogP contribution in [-0.2, 0) is 7.05 Å². The van der Waals surface area contributed by atoms with Gasteiger partial charge in [0.1, 0.15) is 5.69 Å². The number of hydrogen-bond donors (Lipinski definition) is 1. The number of aromatic nitrogens is 2. The minimum Gasteiger partial charge on any atom is -0.340 e. The summed E-state index contributed by atoms with van der Waals surface area (Å²) in [5.41, 5.74) is 6.43. The zero-order chi connectivity index (χ0) is 13.0. The highest BCUT2D eigenvalue weighted by atomic mass is 16.2. The van der Waals surface area contributed by atoms with E-state index >= 15 is 0 Å². The van der Waals surface area contributed by atoms with Crippen molar-refractivity contribution in [2.24, 2.45) is 18.7 Å². The molecule has 5 heteroatoms. The molecular formula is C12H22N4O. The van der Waals surface area contributed by atoms with Crippen LogP contribution >= 0.6 is 0 Å². The molecule has 0 spiro atoms. The Balaban J connectivity index is 2.48. The van der Waals surface area contributed by atoms with Crippen molar-refractivity contribution >= 4 is 5.91 Å². The molecule has 0 aliphatic carbocycles. The lowest BCUT2D eigenvalue weighted by molar-refractivity contribution is 0.0782. The summed E-state index contributed by atoms with van der Waals surface area (Å²) in [4.78, 5) is 13.6. The Bertz CT molecular complexity index is 372. The van der Waals surface area contributed by atoms with Crippen LogP contribution in [0.15, 0.2) is 12.3 Å². The fourth-order valence-corrected chi connectivity index (χ4v) is 1.50. The summed E-state index contributed by atoms with van der Waals surface area (Å²) in [5.74, 6) is 0.384. The van der Waals surface area contributed by atoms with Crippen molar-refractivity contribution in [3.63, 3.8) is 0 Å². The third kappa shape index (κ3) is 3.85. The highest BCUT2D eigenvalue weighted by Gasteiger charge is 2.16. The number of hydrogen-bond acceptors (Lipinski definition) is 3. The number of nitrogens with zero attached hydrogens (tertiary/aromatic N) is 3. The van der Waals surface area contributed by atoms with Crippen molar-refractivity contribution in [1.29, 1.82) is 0 Å². The van der Waals surface area contributed by atoms with Gasteiger partial charge in [-0.2, -0.15) is 5.10 Å². The van der Waals surface area contributed by atoms with Gasteiger partial charge in [0.2, 0.25) is 0 Å². The summed E-state index contributed by atoms with van der Waals surface area (Å²) in [6.45, 7) is 4.84. The lowest BCUT2D eigenvalue weighted by atomic mass is 10.0. The molecule has 1 atom stereocenters. The van der Waals surface area contributed by atoms with E-state index in [-0.39, 0.29) is 11.9 Å². The van der Waals surface area contributed by atoms with Crippen LogP contribution in [0.3, 0.4) is 0 Å². The number of nitrogens with two attached hydrogens (primary N) is 1. The van der Waals surface area contributed by atoms with Crippen molar-refractivity contribution in [2.75, 3.05) is 13.6 Å². The SMILES string of the molecule is CC(C)C(N)CCN(C)C(=O)c1ccn(C)n1. The second-order valence-corrected chi connectivity index (χ2v) is 4.80. The molecule has 1 amide bonds. The molecule has 96 valence electrons. The topological polar surface area (TPSA) is 64.2 Å². The molecule has 0 aliphatic rings. The summed E-state index contributed by atoms with van der Waals surface area (Å²) < 4.78 is 1.63. The molecule has 2 N–H and O–H groups in total. The molecule has 0 saturated carbocycles. The molecule has 1 heterocycles. The largest absolute Gasteiger partial charge is 0.340 e. The summed E-state index contributed by atoms with van der Waals surface area (Å²) in [7, 11) is 3.58. The van der Waals surface area contributed by atoms with Crippen LogP contribution in [0, 0.1) is 5.92 Å². The van der Waals surface area contributed by atoms with Gasteiger partial charge in [-0.25, -0.2) is 0 Å². The predicted molar refractivity (Wildman–Crippen MR) is 67.6 cm³/mol. The molecule has 0 aromatic carbocycles. The van der Waals surface area contributed by atoms with E-state index in [1.807, 2.05) is 0 Å². The lowest BCUT2D eigenvalue weighted by Gasteiger charge is -2.20. The van der Waals surface area contributed by atoms with E-state index < -0.39 is 0 Å². The maximum Gasteiger partial charge on any atom is 0.274 e. The molecule has 1 unspecified atom stereocenters. The molecule has 0 saturated heterocycles. The van der Waals surface area contributed by atoms with Gasteiger partial charge in [0.15, 0.2) is 0 Å². The fourth-order valence-electron chi connectivity index (χ4n) is 1.50. The number of aryl methyl sites for hydroxylation is 1. The number of amides is 1. The monoisotopic (exact) mass is 238 g/mol. The average molecular weight is 238 g/mol. The summed E-state index contributed by atoms with van der Waals surface area (Å²) in [6.07, 6.45) is 2.58. The molecule has 0 aliphatic heterocycles. The van der Waals surface area contributed by atoms with Crippen LogP contribution < -0.4 is 5.73 Å². The fraction of sp³-hybridized carbons (Fsp3) is 0.667. The van der Waals surface area contributed by atoms with Crippen LogP contribution in [0.4, 0.5) is 0 Å². The van der Waals surface area contributed by atoms with Gasteiger partial charge < -0.3 is 10.6 Å². The van der Waals surface area contributed by atoms with Crippen LogP contribution in [0.1, 0.15) is 30.8 Å². The maximum absolute atomic E-state index is 11.9. The molecular weight excluding hydrogens is 216 g/mol. The quantitative estimate of drug-likeness (QED) is 0.827. The second-order valence-electron chi connectivity index (χ2n) is 4.80. The Hall–Kier alpha value is -1.36. The Morgan fingerprint density at radius 2 is 2.24 bits per heavy atom. The smallest absolute Gasteiger partial charge is 0.274 e. The van der Waals surface area contributed by atoms with E-state index in [1.165, 1.54) is 0 Å². The summed E-state index contributed by atoms with van der Waals surface area (Å²) in [5, 5.41) is 4.09. The third-order valence-electron chi connectivity index (χ3n) is 2.93. The zero-order valence-corrected chi connectivity index (χ0v) is 11.1. The van der Waals surface area contributed by atoms with Gasteiger partial charge in [-0.15, -0.1) is 0 Å². The molecule has 1 aromatic rings. The van der Waals surface area contributed by atoms with Crippen molar-refractivity contribution in [2.45, 2.75) is 26.3 Å². The number of carbonyl (C=O) groups is 1. The van der Waals surface area contributed by atoms with E-state index in [4.69, 9.17) is 5.73 Å². The first kappa shape index (κ1) is 13.7. The summed E-state index contributed by atoms with van der Waals surface area (Å²) in [6, 6.07) is 1.86. The van der Waals surface area contributed by atoms with Gasteiger partial charge in [0, 0.05) is 32.9 Å². The molecule has 0 radical (unpaired) electrons. The van der Waals surface area contributed by atoms with Crippen molar-refractivity contribution in [3.05, 3.63) is 18.0 Å². The van der Waals surface area contributed by atoms with Crippen LogP contribution in [0.2, 0.25) is 0 Å². The minimum absolute atomic E-state index is 0.0541. The van der Waals surface area contributed by atoms with Crippen molar-refractivity contribution < 1.29 is 4.79 Å². The van der Waals surface area contributed by atoms with Crippen molar-refractivity contribution in [1.82, 2.24) is 14.7 Å². The Morgan fingerprint density at radius 1 is 1.59 bits per heavy atom. The Morgan fingerprint density at radius 3 is 2.71 bits per heavy atom. The van der Waals surface area contributed by atoms with Crippen LogP contribution in [0.25, 0.3) is 0 Å². The van der Waals surface area contributed by atoms with Crippen LogP contribution in [0.5, 0.6) is 0 Å². The van der Waals surface area contributed by atoms with E-state index in [2.05, 4.69) is 18.9 Å². The molecule has 17 heavy (non-hydrogen) atoms. The molecule has 0 fully saturated rings. The first-order valence-corrected chi connectivity index (χ1v) is 5.92. The van der Waals surface area contributed by atoms with Gasteiger partial charge >= 0.3 is 0 Å². The molecule has 5 nitrogen and oxygen atoms in total. The average Bonchev–Trinajstić information content (AvgIpc) is 2.70. The van der Waals surface area contributed by atoms with E-state index in [1.54, 1.807) is 35.9 Å². The van der Waals surface area contributed by atoms with E-state index in [0.29, 0.717) is 18.2 Å². The van der Waals surface area contributed by atoms with E-state index in [9.17, 15) is 4.79 Å². The Labute approximate surface area is 103 Å². The predicted octanol–water partition coefficient (Wildman–Crippen LogP) is 0.865. The van der Waals surface area contributed by atoms with Gasteiger partial charge in [0.05, 0.1) is 0 Å². The van der Waals surface area contributed by atoms with Gasteiger partial charge in [-0.05, 0) is 18.4 Å². The van der Waals surface area contributed by atoms with Gasteiger partial charge in [-0.3, -0.25) is 9.48 Å². The van der Waals surface area contributed by atoms with Crippen LogP contribution in [-0.4, -0.2) is 40.2 Å². The first-order chi connectivity index (χ1) is 7.91. The maximum atomic E-state index is 11.9. The van der Waals surface area contributed by atoms with Gasteiger partial charge in [-0.1, -0.05) is 13.8 Å². The van der Waals surface area contributed by atoms with Crippen molar-refractivity contribution in [3.8, 4) is 0 Å². The normalized spacial score (nSPS) is 12.8. The Kier molecular flexibility index (Phi) is 4.69. The standard InChI is InChI=1S/C12H22N4O/c1-9(2)10(13)5-7-15(3)12(17)11-6-8-16(4)14-11/h6,8-10H,5,7,13H2,1-4H3. The highest BCUT2D eigenvalue weighted by Crippen LogP contribution is 2.06. The van der Waals surface area contributed by atoms with E-state index in [0.717, 1.165) is 6.42 Å². The minimum atomic E-state index is -0.0541. The first-order valence-electron chi connectivity index (χ1n) is 5.92. The van der Waals surface area contributed by atoms with Gasteiger partial charge in [0.25, 0.3) is 5.91 Å². The second kappa shape index (κ2) is 5.82. The highest BCUT2D eigenvalue weighted by molar-refractivity contribution is 5.91. The molecule has 1 rings (SSSR count). The zero-order valence-electron chi connectivity index (χ0n) is 11.1.